The molecule has 2 N–H and O–H groups in total. The van der Waals surface area contributed by atoms with Gasteiger partial charge in [0, 0.05) is 17.5 Å². The van der Waals surface area contributed by atoms with Gasteiger partial charge in [-0.2, -0.15) is 0 Å². The van der Waals surface area contributed by atoms with Crippen molar-refractivity contribution in [2.24, 2.45) is 0 Å². The summed E-state index contributed by atoms with van der Waals surface area (Å²) >= 11 is 0. The first kappa shape index (κ1) is 15.5. The standard InChI is InChI=1S/C20H20N4O2/c1-11-6-13(4-5-21-11)20-22-9-17-16(24-20)8-15(23-17)12-2-3-19-14(7-12)18(25)10-26-19/h2-3,7-9,11,13,21H,4-6,10H2,1H3,(H,22,24). The third-order valence-electron chi connectivity index (χ3n) is 5.33. The Bertz CT molecular complexity index is 964. The highest BCUT2D eigenvalue weighted by atomic mass is 16.5. The van der Waals surface area contributed by atoms with Gasteiger partial charge in [0.15, 0.2) is 6.61 Å². The Kier molecular flexibility index (Phi) is 3.53. The van der Waals surface area contributed by atoms with E-state index in [0.717, 1.165) is 47.9 Å². The molecule has 1 saturated heterocycles. The fourth-order valence-electron chi connectivity index (χ4n) is 3.92. The number of Topliss-reactive ketones (excluding diaryl/α,β-unsaturated/α-hetero) is 1. The quantitative estimate of drug-likeness (QED) is 0.744. The van der Waals surface area contributed by atoms with Crippen LogP contribution in [0.2, 0.25) is 0 Å². The number of ketones is 1. The minimum atomic E-state index is 0.0218. The highest BCUT2D eigenvalue weighted by Crippen LogP contribution is 2.33. The van der Waals surface area contributed by atoms with Crippen molar-refractivity contribution in [1.82, 2.24) is 20.3 Å². The number of aromatic amines is 1. The number of nitrogens with zero attached hydrogens (tertiary/aromatic N) is 2. The molecule has 5 rings (SSSR count). The van der Waals surface area contributed by atoms with Gasteiger partial charge < -0.3 is 15.0 Å². The Hall–Kier alpha value is -2.73. The molecule has 2 atom stereocenters. The van der Waals surface area contributed by atoms with E-state index in [2.05, 4.69) is 27.2 Å². The third kappa shape index (κ3) is 2.57. The first-order valence-electron chi connectivity index (χ1n) is 9.07. The molecular weight excluding hydrogens is 328 g/mol. The monoisotopic (exact) mass is 348 g/mol. The summed E-state index contributed by atoms with van der Waals surface area (Å²) in [5.74, 6) is 2.16. The van der Waals surface area contributed by atoms with Crippen molar-refractivity contribution in [2.75, 3.05) is 13.2 Å². The molecule has 4 heterocycles. The summed E-state index contributed by atoms with van der Waals surface area (Å²) in [4.78, 5) is 24.7. The molecular formula is C20H20N4O2. The largest absolute Gasteiger partial charge is 0.485 e. The maximum atomic E-state index is 11.9. The lowest BCUT2D eigenvalue weighted by atomic mass is 9.92. The molecule has 1 aromatic carbocycles. The second kappa shape index (κ2) is 5.92. The van der Waals surface area contributed by atoms with Gasteiger partial charge in [-0.05, 0) is 50.6 Å². The Balaban J connectivity index is 1.50. The number of carbonyl (C=O) groups is 1. The molecule has 0 radical (unpaired) electrons. The van der Waals surface area contributed by atoms with Crippen LogP contribution in [0.5, 0.6) is 5.75 Å². The van der Waals surface area contributed by atoms with Gasteiger partial charge >= 0.3 is 0 Å². The van der Waals surface area contributed by atoms with Crippen molar-refractivity contribution in [2.45, 2.75) is 31.7 Å². The van der Waals surface area contributed by atoms with Gasteiger partial charge in [-0.1, -0.05) is 0 Å². The Morgan fingerprint density at radius 3 is 3.04 bits per heavy atom. The molecule has 26 heavy (non-hydrogen) atoms. The van der Waals surface area contributed by atoms with Crippen molar-refractivity contribution in [1.29, 1.82) is 0 Å². The fraction of sp³-hybridized carbons (Fsp3) is 0.350. The van der Waals surface area contributed by atoms with Crippen LogP contribution in [-0.2, 0) is 0 Å². The van der Waals surface area contributed by atoms with Crippen molar-refractivity contribution >= 4 is 5.78 Å². The van der Waals surface area contributed by atoms with E-state index in [1.807, 2.05) is 30.5 Å². The molecule has 0 aliphatic carbocycles. The van der Waals surface area contributed by atoms with Crippen molar-refractivity contribution < 1.29 is 9.53 Å². The third-order valence-corrected chi connectivity index (χ3v) is 5.33. The topological polar surface area (TPSA) is 79.9 Å². The van der Waals surface area contributed by atoms with Crippen LogP contribution in [0.25, 0.3) is 22.6 Å². The summed E-state index contributed by atoms with van der Waals surface area (Å²) in [5.41, 5.74) is 4.23. The van der Waals surface area contributed by atoms with Crippen molar-refractivity contribution in [3.63, 3.8) is 0 Å². The molecule has 2 unspecified atom stereocenters. The predicted molar refractivity (Wildman–Crippen MR) is 97.7 cm³/mol. The first-order valence-corrected chi connectivity index (χ1v) is 9.07. The van der Waals surface area contributed by atoms with Gasteiger partial charge in [-0.3, -0.25) is 4.79 Å². The van der Waals surface area contributed by atoms with Gasteiger partial charge in [0.1, 0.15) is 17.3 Å². The molecule has 0 aromatic heterocycles. The number of aromatic nitrogens is 3. The maximum absolute atomic E-state index is 11.9. The van der Waals surface area contributed by atoms with Gasteiger partial charge in [-0.15, -0.1) is 0 Å². The second-order valence-corrected chi connectivity index (χ2v) is 7.21. The number of nitrogens with one attached hydrogen (secondary N) is 2. The lowest BCUT2D eigenvalue weighted by molar-refractivity contribution is 0.0961. The summed E-state index contributed by atoms with van der Waals surface area (Å²) in [6, 6.07) is 8.21. The van der Waals surface area contributed by atoms with E-state index >= 15 is 0 Å². The highest BCUT2D eigenvalue weighted by molar-refractivity contribution is 6.03. The first-order chi connectivity index (χ1) is 12.7. The van der Waals surface area contributed by atoms with E-state index in [9.17, 15) is 4.79 Å². The maximum Gasteiger partial charge on any atom is 0.203 e. The van der Waals surface area contributed by atoms with E-state index < -0.39 is 0 Å². The van der Waals surface area contributed by atoms with E-state index in [0.29, 0.717) is 23.3 Å². The van der Waals surface area contributed by atoms with Gasteiger partial charge in [0.05, 0.1) is 23.1 Å². The number of ether oxygens (including phenoxy) is 1. The van der Waals surface area contributed by atoms with Crippen LogP contribution < -0.4 is 10.1 Å². The van der Waals surface area contributed by atoms with E-state index in [1.165, 1.54) is 0 Å². The van der Waals surface area contributed by atoms with E-state index in [1.54, 1.807) is 0 Å². The fourth-order valence-corrected chi connectivity index (χ4v) is 3.92. The number of hydrogen-bond acceptors (Lipinski definition) is 5. The number of rotatable bonds is 2. The van der Waals surface area contributed by atoms with Crippen LogP contribution in [-0.4, -0.2) is 39.9 Å². The lowest BCUT2D eigenvalue weighted by Crippen LogP contribution is -2.35. The van der Waals surface area contributed by atoms with Crippen molar-refractivity contribution in [3.05, 3.63) is 41.9 Å². The molecule has 132 valence electrons. The van der Waals surface area contributed by atoms with E-state index in [4.69, 9.17) is 4.74 Å². The Labute approximate surface area is 151 Å². The van der Waals surface area contributed by atoms with Crippen LogP contribution in [0.1, 0.15) is 41.9 Å². The number of fused-ring (bicyclic) bond motifs is 2. The predicted octanol–water partition coefficient (Wildman–Crippen LogP) is 3.01. The Morgan fingerprint density at radius 2 is 2.15 bits per heavy atom. The number of H-pyrrole nitrogens is 1. The molecule has 4 aliphatic heterocycles. The zero-order valence-electron chi connectivity index (χ0n) is 14.6. The summed E-state index contributed by atoms with van der Waals surface area (Å²) in [7, 11) is 0. The van der Waals surface area contributed by atoms with Crippen LogP contribution in [0, 0.1) is 0 Å². The molecule has 0 saturated carbocycles. The highest BCUT2D eigenvalue weighted by Gasteiger charge is 2.24. The van der Waals surface area contributed by atoms with Crippen LogP contribution in [0.15, 0.2) is 30.5 Å². The van der Waals surface area contributed by atoms with Crippen LogP contribution in [0.4, 0.5) is 0 Å². The molecule has 6 heteroatoms. The molecule has 0 bridgehead atoms. The minimum absolute atomic E-state index is 0.0218. The zero-order valence-corrected chi connectivity index (χ0v) is 14.6. The van der Waals surface area contributed by atoms with Crippen molar-refractivity contribution in [3.8, 4) is 28.4 Å². The number of benzene rings is 1. The molecule has 0 spiro atoms. The SMILES string of the molecule is CC1CC(c2ncc3nc(-c4ccc5c(c4)C(=O)CO5)cc-3[nH]2)CCN1. The summed E-state index contributed by atoms with van der Waals surface area (Å²) in [6.07, 6.45) is 4.02. The van der Waals surface area contributed by atoms with E-state index in [-0.39, 0.29) is 12.4 Å². The normalized spacial score (nSPS) is 22.4. The lowest BCUT2D eigenvalue weighted by Gasteiger charge is -2.27. The number of hydrogen-bond donors (Lipinski definition) is 2. The number of piperidine rings is 1. The summed E-state index contributed by atoms with van der Waals surface area (Å²) in [5, 5.41) is 3.48. The number of carbonyl (C=O) groups excluding carboxylic acids is 1. The summed E-state index contributed by atoms with van der Waals surface area (Å²) in [6.45, 7) is 3.37. The smallest absolute Gasteiger partial charge is 0.203 e. The molecule has 6 nitrogen and oxygen atoms in total. The van der Waals surface area contributed by atoms with Gasteiger partial charge in [0.25, 0.3) is 0 Å². The molecule has 0 amide bonds. The summed E-state index contributed by atoms with van der Waals surface area (Å²) < 4.78 is 5.36. The molecule has 4 aliphatic rings. The average Bonchev–Trinajstić information content (AvgIpc) is 3.24. The second-order valence-electron chi connectivity index (χ2n) is 7.21. The average molecular weight is 348 g/mol. The minimum Gasteiger partial charge on any atom is -0.485 e. The zero-order chi connectivity index (χ0) is 17.7. The van der Waals surface area contributed by atoms with Gasteiger partial charge in [-0.25, -0.2) is 9.97 Å². The Morgan fingerprint density at radius 1 is 1.23 bits per heavy atom. The molecule has 1 fully saturated rings. The molecule has 1 aromatic rings. The van der Waals surface area contributed by atoms with Crippen LogP contribution >= 0.6 is 0 Å². The van der Waals surface area contributed by atoms with Gasteiger partial charge in [0.2, 0.25) is 5.78 Å². The van der Waals surface area contributed by atoms with Crippen LogP contribution in [0.3, 0.4) is 0 Å².